The van der Waals surface area contributed by atoms with Crippen LogP contribution in [0.15, 0.2) is 54.6 Å². The zero-order chi connectivity index (χ0) is 19.9. The monoisotopic (exact) mass is 380 g/mol. The summed E-state index contributed by atoms with van der Waals surface area (Å²) < 4.78 is 0. The Morgan fingerprint density at radius 2 is 1.61 bits per heavy atom. The zero-order valence-corrected chi connectivity index (χ0v) is 16.5. The number of hydrogen-bond donors (Lipinski definition) is 2. The van der Waals surface area contributed by atoms with Gasteiger partial charge in [0.05, 0.1) is 0 Å². The lowest BCUT2D eigenvalue weighted by Crippen LogP contribution is -2.52. The molecule has 0 radical (unpaired) electrons. The fourth-order valence-corrected chi connectivity index (χ4v) is 3.69. The molecule has 1 aliphatic heterocycles. The fourth-order valence-electron chi connectivity index (χ4n) is 3.69. The van der Waals surface area contributed by atoms with Gasteiger partial charge in [0.15, 0.2) is 0 Å². The molecule has 0 unspecified atom stereocenters. The SMILES string of the molecule is CCNC(=O)NC(=O)[C@@H](c1ccccc1)N1CCN(c2ccccc2C)CC1. The quantitative estimate of drug-likeness (QED) is 0.837. The average Bonchev–Trinajstić information content (AvgIpc) is 2.70. The van der Waals surface area contributed by atoms with E-state index in [0.717, 1.165) is 31.7 Å². The van der Waals surface area contributed by atoms with E-state index in [1.165, 1.54) is 11.3 Å². The van der Waals surface area contributed by atoms with Crippen molar-refractivity contribution in [3.05, 3.63) is 65.7 Å². The number of nitrogens with zero attached hydrogens (tertiary/aromatic N) is 2. The molecular weight excluding hydrogens is 352 g/mol. The Labute approximate surface area is 166 Å². The number of imide groups is 1. The molecule has 3 amide bonds. The number of benzene rings is 2. The van der Waals surface area contributed by atoms with E-state index in [2.05, 4.69) is 45.6 Å². The Morgan fingerprint density at radius 3 is 2.25 bits per heavy atom. The minimum Gasteiger partial charge on any atom is -0.369 e. The number of hydrogen-bond acceptors (Lipinski definition) is 4. The third-order valence-corrected chi connectivity index (χ3v) is 5.07. The van der Waals surface area contributed by atoms with Crippen molar-refractivity contribution in [2.75, 3.05) is 37.6 Å². The molecule has 1 saturated heterocycles. The number of piperazine rings is 1. The number of carbonyl (C=O) groups is 2. The maximum atomic E-state index is 12.9. The van der Waals surface area contributed by atoms with Crippen molar-refractivity contribution in [3.63, 3.8) is 0 Å². The molecule has 6 nitrogen and oxygen atoms in total. The van der Waals surface area contributed by atoms with Crippen LogP contribution in [-0.4, -0.2) is 49.6 Å². The molecule has 3 rings (SSSR count). The van der Waals surface area contributed by atoms with Gasteiger partial charge in [-0.1, -0.05) is 48.5 Å². The van der Waals surface area contributed by atoms with Crippen LogP contribution in [0.5, 0.6) is 0 Å². The summed E-state index contributed by atoms with van der Waals surface area (Å²) in [5.74, 6) is -0.290. The van der Waals surface area contributed by atoms with Crippen LogP contribution >= 0.6 is 0 Å². The van der Waals surface area contributed by atoms with Crippen LogP contribution in [0.1, 0.15) is 24.1 Å². The minimum absolute atomic E-state index is 0.290. The number of urea groups is 1. The number of anilines is 1. The lowest BCUT2D eigenvalue weighted by Gasteiger charge is -2.40. The summed E-state index contributed by atoms with van der Waals surface area (Å²) in [5.41, 5.74) is 3.39. The lowest BCUT2D eigenvalue weighted by molar-refractivity contribution is -0.125. The lowest BCUT2D eigenvalue weighted by atomic mass is 10.0. The van der Waals surface area contributed by atoms with Crippen molar-refractivity contribution in [2.45, 2.75) is 19.9 Å². The first kappa shape index (κ1) is 19.9. The first-order valence-electron chi connectivity index (χ1n) is 9.78. The molecule has 0 saturated carbocycles. The summed E-state index contributed by atoms with van der Waals surface area (Å²) in [6, 6.07) is 17.1. The van der Waals surface area contributed by atoms with Crippen LogP contribution in [0.4, 0.5) is 10.5 Å². The van der Waals surface area contributed by atoms with E-state index in [1.807, 2.05) is 43.3 Å². The number of amides is 3. The van der Waals surface area contributed by atoms with E-state index < -0.39 is 12.1 Å². The zero-order valence-electron chi connectivity index (χ0n) is 16.5. The van der Waals surface area contributed by atoms with Crippen molar-refractivity contribution < 1.29 is 9.59 Å². The summed E-state index contributed by atoms with van der Waals surface area (Å²) in [5, 5.41) is 5.11. The highest BCUT2D eigenvalue weighted by molar-refractivity contribution is 5.97. The first-order chi connectivity index (χ1) is 13.6. The molecule has 2 aromatic rings. The summed E-state index contributed by atoms with van der Waals surface area (Å²) >= 11 is 0. The Hall–Kier alpha value is -2.86. The predicted molar refractivity (Wildman–Crippen MR) is 111 cm³/mol. The third-order valence-electron chi connectivity index (χ3n) is 5.07. The molecule has 0 aliphatic carbocycles. The van der Waals surface area contributed by atoms with Gasteiger partial charge < -0.3 is 10.2 Å². The van der Waals surface area contributed by atoms with E-state index in [1.54, 1.807) is 0 Å². The number of aryl methyl sites for hydroxylation is 1. The van der Waals surface area contributed by atoms with Crippen molar-refractivity contribution in [1.29, 1.82) is 0 Å². The largest absolute Gasteiger partial charge is 0.369 e. The number of nitrogens with one attached hydrogen (secondary N) is 2. The Balaban J connectivity index is 1.74. The third kappa shape index (κ3) is 4.70. The van der Waals surface area contributed by atoms with Gasteiger partial charge in [-0.15, -0.1) is 0 Å². The molecule has 28 heavy (non-hydrogen) atoms. The van der Waals surface area contributed by atoms with E-state index in [4.69, 9.17) is 0 Å². The number of carbonyl (C=O) groups excluding carboxylic acids is 2. The molecular formula is C22H28N4O2. The highest BCUT2D eigenvalue weighted by Crippen LogP contribution is 2.26. The van der Waals surface area contributed by atoms with Gasteiger partial charge in [0.1, 0.15) is 6.04 Å². The molecule has 1 fully saturated rings. The molecule has 1 atom stereocenters. The van der Waals surface area contributed by atoms with Crippen molar-refractivity contribution in [2.24, 2.45) is 0 Å². The topological polar surface area (TPSA) is 64.7 Å². The molecule has 1 aliphatic rings. The van der Waals surface area contributed by atoms with Crippen molar-refractivity contribution in [1.82, 2.24) is 15.5 Å². The predicted octanol–water partition coefficient (Wildman–Crippen LogP) is 2.70. The molecule has 0 aromatic heterocycles. The summed E-state index contributed by atoms with van der Waals surface area (Å²) in [7, 11) is 0. The molecule has 1 heterocycles. The van der Waals surface area contributed by atoms with E-state index >= 15 is 0 Å². The Morgan fingerprint density at radius 1 is 0.964 bits per heavy atom. The maximum absolute atomic E-state index is 12.9. The second kappa shape index (κ2) is 9.37. The fraction of sp³-hybridized carbons (Fsp3) is 0.364. The van der Waals surface area contributed by atoms with Crippen molar-refractivity contribution in [3.8, 4) is 0 Å². The average molecular weight is 380 g/mol. The van der Waals surface area contributed by atoms with Gasteiger partial charge in [-0.25, -0.2) is 4.79 Å². The smallest absolute Gasteiger partial charge is 0.321 e. The molecule has 6 heteroatoms. The summed E-state index contributed by atoms with van der Waals surface area (Å²) in [6.45, 7) is 7.58. The molecule has 0 spiro atoms. The van der Waals surface area contributed by atoms with Gasteiger partial charge in [0, 0.05) is 38.4 Å². The summed E-state index contributed by atoms with van der Waals surface area (Å²) in [6.07, 6.45) is 0. The van der Waals surface area contributed by atoms with Gasteiger partial charge in [-0.2, -0.15) is 0 Å². The standard InChI is InChI=1S/C22H28N4O2/c1-3-23-22(28)24-21(27)20(18-10-5-4-6-11-18)26-15-13-25(14-16-26)19-12-8-7-9-17(19)2/h4-12,20H,3,13-16H2,1-2H3,(H2,23,24,27,28)/t20-/m1/s1. The Kier molecular flexibility index (Phi) is 6.66. The van der Waals surface area contributed by atoms with Crippen molar-refractivity contribution >= 4 is 17.6 Å². The van der Waals surface area contributed by atoms with E-state index in [-0.39, 0.29) is 5.91 Å². The van der Waals surface area contributed by atoms with Gasteiger partial charge in [-0.3, -0.25) is 15.0 Å². The number of rotatable bonds is 5. The molecule has 2 aromatic carbocycles. The number of para-hydroxylation sites is 1. The minimum atomic E-state index is -0.483. The Bertz CT molecular complexity index is 801. The van der Waals surface area contributed by atoms with Gasteiger partial charge in [0.25, 0.3) is 0 Å². The summed E-state index contributed by atoms with van der Waals surface area (Å²) in [4.78, 5) is 29.3. The van der Waals surface area contributed by atoms with Crippen LogP contribution in [0.25, 0.3) is 0 Å². The highest BCUT2D eigenvalue weighted by Gasteiger charge is 2.31. The maximum Gasteiger partial charge on any atom is 0.321 e. The van der Waals surface area contributed by atoms with Gasteiger partial charge in [-0.05, 0) is 31.0 Å². The van der Waals surface area contributed by atoms with Gasteiger partial charge >= 0.3 is 6.03 Å². The molecule has 148 valence electrons. The van der Waals surface area contributed by atoms with E-state index in [9.17, 15) is 9.59 Å². The normalized spacial score (nSPS) is 15.7. The van der Waals surface area contributed by atoms with Crippen LogP contribution in [0, 0.1) is 6.92 Å². The van der Waals surface area contributed by atoms with Gasteiger partial charge in [0.2, 0.25) is 5.91 Å². The van der Waals surface area contributed by atoms with Crippen LogP contribution < -0.4 is 15.5 Å². The first-order valence-corrected chi connectivity index (χ1v) is 9.78. The van der Waals surface area contributed by atoms with E-state index in [0.29, 0.717) is 6.54 Å². The van der Waals surface area contributed by atoms with Crippen LogP contribution in [-0.2, 0) is 4.79 Å². The second-order valence-corrected chi connectivity index (χ2v) is 6.97. The highest BCUT2D eigenvalue weighted by atomic mass is 16.2. The second-order valence-electron chi connectivity index (χ2n) is 6.97. The molecule has 2 N–H and O–H groups in total. The van der Waals surface area contributed by atoms with Crippen LogP contribution in [0.3, 0.4) is 0 Å². The molecule has 0 bridgehead atoms. The van der Waals surface area contributed by atoms with Crippen LogP contribution in [0.2, 0.25) is 0 Å².